The average Bonchev–Trinajstić information content (AvgIpc) is 3.05. The molecule has 3 aromatic carbocycles. The van der Waals surface area contributed by atoms with E-state index in [2.05, 4.69) is 15.5 Å². The largest absolute Gasteiger partial charge is 0.322 e. The third kappa shape index (κ3) is 3.52. The van der Waals surface area contributed by atoms with Gasteiger partial charge in [0.2, 0.25) is 0 Å². The first-order valence-corrected chi connectivity index (χ1v) is 8.58. The number of nitrogens with zero attached hydrogens (tertiary/aromatic N) is 3. The molecular formula is C20H14ClFN4O. The third-order valence-electron chi connectivity index (χ3n) is 4.06. The van der Waals surface area contributed by atoms with Crippen LogP contribution in [0.3, 0.4) is 0 Å². The number of carbonyl (C=O) groups excluding carboxylic acids is 1. The fraction of sp³-hybridized carbons (Fsp3) is 0.0500. The van der Waals surface area contributed by atoms with E-state index >= 15 is 0 Å². The van der Waals surface area contributed by atoms with Gasteiger partial charge >= 0.3 is 0 Å². The summed E-state index contributed by atoms with van der Waals surface area (Å²) in [6.45, 7) is 1.91. The topological polar surface area (TPSA) is 59.8 Å². The molecule has 1 aromatic heterocycles. The highest BCUT2D eigenvalue weighted by Gasteiger charge is 2.12. The highest BCUT2D eigenvalue weighted by molar-refractivity contribution is 6.34. The normalized spacial score (nSPS) is 10.9. The standard InChI is InChI=1S/C20H14ClFN4O/c1-12-2-8-16(17(21)10-12)20(27)23-14-5-9-18-19(11-14)25-26(24-18)15-6-3-13(22)4-7-15/h2-11H,1H3,(H,23,27). The number of fused-ring (bicyclic) bond motifs is 1. The van der Waals surface area contributed by atoms with E-state index in [9.17, 15) is 9.18 Å². The van der Waals surface area contributed by atoms with Crippen LogP contribution in [0.4, 0.5) is 10.1 Å². The van der Waals surface area contributed by atoms with Gasteiger partial charge in [-0.3, -0.25) is 4.79 Å². The van der Waals surface area contributed by atoms with Crippen LogP contribution < -0.4 is 5.32 Å². The summed E-state index contributed by atoms with van der Waals surface area (Å²) in [4.78, 5) is 13.9. The molecule has 0 saturated carbocycles. The zero-order valence-corrected chi connectivity index (χ0v) is 15.0. The molecule has 1 heterocycles. The number of hydrogen-bond acceptors (Lipinski definition) is 3. The Morgan fingerprint density at radius 2 is 1.74 bits per heavy atom. The molecule has 27 heavy (non-hydrogen) atoms. The Morgan fingerprint density at radius 1 is 1.00 bits per heavy atom. The van der Waals surface area contributed by atoms with Gasteiger partial charge in [0.1, 0.15) is 16.9 Å². The van der Waals surface area contributed by atoms with Crippen molar-refractivity contribution in [1.29, 1.82) is 0 Å². The second kappa shape index (κ2) is 6.81. The minimum Gasteiger partial charge on any atom is -0.322 e. The molecular weight excluding hydrogens is 367 g/mol. The number of aryl methyl sites for hydroxylation is 1. The molecule has 0 aliphatic rings. The lowest BCUT2D eigenvalue weighted by molar-refractivity contribution is 0.102. The molecule has 0 fully saturated rings. The molecule has 0 bridgehead atoms. The summed E-state index contributed by atoms with van der Waals surface area (Å²) in [5.74, 6) is -0.625. The van der Waals surface area contributed by atoms with Gasteiger partial charge in [-0.25, -0.2) is 4.39 Å². The van der Waals surface area contributed by atoms with E-state index in [0.29, 0.717) is 33.0 Å². The minimum absolute atomic E-state index is 0.301. The van der Waals surface area contributed by atoms with E-state index in [-0.39, 0.29) is 11.7 Å². The van der Waals surface area contributed by atoms with Gasteiger partial charge in [-0.1, -0.05) is 17.7 Å². The molecule has 134 valence electrons. The van der Waals surface area contributed by atoms with Gasteiger partial charge in [0.15, 0.2) is 0 Å². The summed E-state index contributed by atoms with van der Waals surface area (Å²) in [5, 5.41) is 12.0. The fourth-order valence-electron chi connectivity index (χ4n) is 2.68. The third-order valence-corrected chi connectivity index (χ3v) is 4.38. The second-order valence-electron chi connectivity index (χ2n) is 6.11. The van der Waals surface area contributed by atoms with Crippen LogP contribution in [-0.2, 0) is 0 Å². The van der Waals surface area contributed by atoms with Crippen molar-refractivity contribution in [2.75, 3.05) is 5.32 Å². The fourth-order valence-corrected chi connectivity index (χ4v) is 3.01. The lowest BCUT2D eigenvalue weighted by Gasteiger charge is -2.07. The highest BCUT2D eigenvalue weighted by Crippen LogP contribution is 2.21. The van der Waals surface area contributed by atoms with Crippen molar-refractivity contribution < 1.29 is 9.18 Å². The van der Waals surface area contributed by atoms with Crippen molar-refractivity contribution in [2.45, 2.75) is 6.92 Å². The van der Waals surface area contributed by atoms with Crippen LogP contribution >= 0.6 is 11.6 Å². The first-order valence-electron chi connectivity index (χ1n) is 8.20. The maximum Gasteiger partial charge on any atom is 0.257 e. The number of amides is 1. The molecule has 0 aliphatic heterocycles. The lowest BCUT2D eigenvalue weighted by atomic mass is 10.1. The Labute approximate surface area is 159 Å². The first-order chi connectivity index (χ1) is 13.0. The number of aromatic nitrogens is 3. The lowest BCUT2D eigenvalue weighted by Crippen LogP contribution is -2.12. The zero-order valence-electron chi connectivity index (χ0n) is 14.3. The molecule has 5 nitrogen and oxygen atoms in total. The van der Waals surface area contributed by atoms with Gasteiger partial charge in [0.05, 0.1) is 16.3 Å². The van der Waals surface area contributed by atoms with Gasteiger partial charge in [-0.2, -0.15) is 4.80 Å². The van der Waals surface area contributed by atoms with E-state index in [1.165, 1.54) is 16.9 Å². The Balaban J connectivity index is 1.61. The SMILES string of the molecule is Cc1ccc(C(=O)Nc2ccc3nn(-c4ccc(F)cc4)nc3c2)c(Cl)c1. The van der Waals surface area contributed by atoms with E-state index in [4.69, 9.17) is 11.6 Å². The summed E-state index contributed by atoms with van der Waals surface area (Å²) in [6, 6.07) is 16.4. The summed E-state index contributed by atoms with van der Waals surface area (Å²) in [6.07, 6.45) is 0. The number of hydrogen-bond donors (Lipinski definition) is 1. The molecule has 0 unspecified atom stereocenters. The number of carbonyl (C=O) groups is 1. The predicted molar refractivity (Wildman–Crippen MR) is 103 cm³/mol. The number of rotatable bonds is 3. The maximum atomic E-state index is 13.1. The van der Waals surface area contributed by atoms with Gasteiger partial charge in [-0.15, -0.1) is 10.2 Å². The van der Waals surface area contributed by atoms with Crippen LogP contribution in [0.1, 0.15) is 15.9 Å². The quantitative estimate of drug-likeness (QED) is 0.556. The van der Waals surface area contributed by atoms with E-state index < -0.39 is 0 Å². The Hall–Kier alpha value is -3.25. The molecule has 4 aromatic rings. The Bertz CT molecular complexity index is 1150. The molecule has 1 amide bonds. The van der Waals surface area contributed by atoms with E-state index in [1.54, 1.807) is 42.5 Å². The zero-order chi connectivity index (χ0) is 19.0. The van der Waals surface area contributed by atoms with Crippen molar-refractivity contribution >= 4 is 34.2 Å². The van der Waals surface area contributed by atoms with Crippen LogP contribution in [-0.4, -0.2) is 20.9 Å². The molecule has 0 saturated heterocycles. The van der Waals surface area contributed by atoms with Crippen molar-refractivity contribution in [1.82, 2.24) is 15.0 Å². The van der Waals surface area contributed by atoms with Crippen LogP contribution in [0.25, 0.3) is 16.7 Å². The molecule has 0 radical (unpaired) electrons. The number of anilines is 1. The smallest absolute Gasteiger partial charge is 0.257 e. The van der Waals surface area contributed by atoms with Crippen molar-refractivity contribution in [3.8, 4) is 5.69 Å². The molecule has 0 aliphatic carbocycles. The van der Waals surface area contributed by atoms with Crippen molar-refractivity contribution in [3.05, 3.63) is 82.6 Å². The van der Waals surface area contributed by atoms with Crippen molar-refractivity contribution in [3.63, 3.8) is 0 Å². The van der Waals surface area contributed by atoms with Crippen LogP contribution in [0, 0.1) is 12.7 Å². The first kappa shape index (κ1) is 17.2. The molecule has 1 N–H and O–H groups in total. The predicted octanol–water partition coefficient (Wildman–Crippen LogP) is 4.77. The van der Waals surface area contributed by atoms with Gasteiger partial charge < -0.3 is 5.32 Å². The maximum absolute atomic E-state index is 13.1. The second-order valence-corrected chi connectivity index (χ2v) is 6.51. The van der Waals surface area contributed by atoms with E-state index in [1.807, 2.05) is 13.0 Å². The molecule has 0 atom stereocenters. The Morgan fingerprint density at radius 3 is 2.48 bits per heavy atom. The van der Waals surface area contributed by atoms with Crippen LogP contribution in [0.2, 0.25) is 5.02 Å². The molecule has 4 rings (SSSR count). The van der Waals surface area contributed by atoms with E-state index in [0.717, 1.165) is 5.56 Å². The Kier molecular flexibility index (Phi) is 4.33. The monoisotopic (exact) mass is 380 g/mol. The van der Waals surface area contributed by atoms with Crippen molar-refractivity contribution in [2.24, 2.45) is 0 Å². The molecule has 7 heteroatoms. The number of benzene rings is 3. The summed E-state index contributed by atoms with van der Waals surface area (Å²) in [7, 11) is 0. The van der Waals surface area contributed by atoms with Gasteiger partial charge in [-0.05, 0) is 67.1 Å². The van der Waals surface area contributed by atoms with Crippen LogP contribution in [0.15, 0.2) is 60.7 Å². The number of halogens is 2. The van der Waals surface area contributed by atoms with Gasteiger partial charge in [0.25, 0.3) is 5.91 Å². The summed E-state index contributed by atoms with van der Waals surface area (Å²) < 4.78 is 13.1. The average molecular weight is 381 g/mol. The highest BCUT2D eigenvalue weighted by atomic mass is 35.5. The summed E-state index contributed by atoms with van der Waals surface area (Å²) in [5.41, 5.74) is 3.87. The molecule has 0 spiro atoms. The summed E-state index contributed by atoms with van der Waals surface area (Å²) >= 11 is 6.15. The number of nitrogens with one attached hydrogen (secondary N) is 1. The van der Waals surface area contributed by atoms with Gasteiger partial charge in [0, 0.05) is 5.69 Å². The van der Waals surface area contributed by atoms with Crippen LogP contribution in [0.5, 0.6) is 0 Å². The minimum atomic E-state index is -0.324.